The number of Topliss-reactive ketones (excluding diaryl/α,β-unsaturated/α-hetero) is 1. The number of thiophene rings is 1. The Bertz CT molecular complexity index is 921. The fraction of sp³-hybridized carbons (Fsp3) is 0.368. The van der Waals surface area contributed by atoms with Crippen LogP contribution >= 0.6 is 11.3 Å². The Labute approximate surface area is 163 Å². The molecule has 2 heterocycles. The molecule has 8 heteroatoms. The van der Waals surface area contributed by atoms with Gasteiger partial charge in [0.25, 0.3) is 0 Å². The summed E-state index contributed by atoms with van der Waals surface area (Å²) in [4.78, 5) is 26.0. The Morgan fingerprint density at radius 1 is 1.22 bits per heavy atom. The van der Waals surface area contributed by atoms with Crippen molar-refractivity contribution in [1.82, 2.24) is 9.21 Å². The maximum Gasteiger partial charge on any atom is 0.243 e. The van der Waals surface area contributed by atoms with E-state index in [9.17, 15) is 18.0 Å². The standard InChI is InChI=1S/C19H22N2O4S2/c1-14(22)15-5-7-17(8-6-15)27(24,25)20(2)12-19(23)21-10-3-4-18(21)16-9-11-26-13-16/h5-9,11,13,18H,3-4,10,12H2,1-2H3. The van der Waals surface area contributed by atoms with Gasteiger partial charge in [0.15, 0.2) is 5.78 Å². The van der Waals surface area contributed by atoms with Crippen LogP contribution in [0.2, 0.25) is 0 Å². The lowest BCUT2D eigenvalue weighted by molar-refractivity contribution is -0.132. The van der Waals surface area contributed by atoms with Gasteiger partial charge in [-0.15, -0.1) is 0 Å². The van der Waals surface area contributed by atoms with Gasteiger partial charge in [-0.2, -0.15) is 15.6 Å². The molecule has 1 saturated heterocycles. The van der Waals surface area contributed by atoms with Gasteiger partial charge in [0.05, 0.1) is 17.5 Å². The molecule has 1 aliphatic rings. The first-order valence-electron chi connectivity index (χ1n) is 8.69. The van der Waals surface area contributed by atoms with Crippen molar-refractivity contribution in [3.05, 3.63) is 52.2 Å². The lowest BCUT2D eigenvalue weighted by Gasteiger charge is -2.26. The summed E-state index contributed by atoms with van der Waals surface area (Å²) in [7, 11) is -2.40. The Morgan fingerprint density at radius 2 is 1.93 bits per heavy atom. The molecule has 1 aromatic carbocycles. The summed E-state index contributed by atoms with van der Waals surface area (Å²) in [6, 6.07) is 7.80. The molecule has 3 rings (SSSR count). The predicted octanol–water partition coefficient (Wildman–Crippen LogP) is 2.93. The zero-order valence-electron chi connectivity index (χ0n) is 15.3. The Kier molecular flexibility index (Phi) is 5.78. The third-order valence-electron chi connectivity index (χ3n) is 4.83. The third-order valence-corrected chi connectivity index (χ3v) is 7.35. The topological polar surface area (TPSA) is 74.8 Å². The molecule has 0 aliphatic carbocycles. The van der Waals surface area contributed by atoms with E-state index >= 15 is 0 Å². The molecule has 0 radical (unpaired) electrons. The molecule has 1 aromatic heterocycles. The number of amides is 1. The molecule has 0 N–H and O–H groups in total. The largest absolute Gasteiger partial charge is 0.334 e. The minimum absolute atomic E-state index is 0.0229. The van der Waals surface area contributed by atoms with Gasteiger partial charge in [0, 0.05) is 19.2 Å². The van der Waals surface area contributed by atoms with E-state index in [1.54, 1.807) is 16.2 Å². The SMILES string of the molecule is CC(=O)c1ccc(S(=O)(=O)N(C)CC(=O)N2CCCC2c2ccsc2)cc1. The molecule has 1 unspecified atom stereocenters. The second kappa shape index (κ2) is 7.92. The smallest absolute Gasteiger partial charge is 0.243 e. The quantitative estimate of drug-likeness (QED) is 0.692. The summed E-state index contributed by atoms with van der Waals surface area (Å²) in [6.07, 6.45) is 1.81. The highest BCUT2D eigenvalue weighted by Crippen LogP contribution is 2.33. The number of carbonyl (C=O) groups is 2. The number of hydrogen-bond acceptors (Lipinski definition) is 5. The average molecular weight is 407 g/mol. The van der Waals surface area contributed by atoms with E-state index in [-0.39, 0.29) is 29.2 Å². The molecule has 6 nitrogen and oxygen atoms in total. The maximum atomic E-state index is 12.8. The summed E-state index contributed by atoms with van der Waals surface area (Å²) in [5.74, 6) is -0.328. The summed E-state index contributed by atoms with van der Waals surface area (Å²) in [6.45, 7) is 1.85. The highest BCUT2D eigenvalue weighted by Gasteiger charge is 2.32. The van der Waals surface area contributed by atoms with Gasteiger partial charge in [0.1, 0.15) is 0 Å². The number of sulfonamides is 1. The van der Waals surface area contributed by atoms with Crippen LogP contribution in [0.5, 0.6) is 0 Å². The molecule has 1 atom stereocenters. The van der Waals surface area contributed by atoms with Crippen LogP contribution < -0.4 is 0 Å². The van der Waals surface area contributed by atoms with Gasteiger partial charge in [-0.3, -0.25) is 9.59 Å². The molecule has 0 spiro atoms. The highest BCUT2D eigenvalue weighted by molar-refractivity contribution is 7.89. The Morgan fingerprint density at radius 3 is 2.52 bits per heavy atom. The monoisotopic (exact) mass is 406 g/mol. The van der Waals surface area contributed by atoms with Crippen molar-refractivity contribution in [1.29, 1.82) is 0 Å². The van der Waals surface area contributed by atoms with E-state index < -0.39 is 10.0 Å². The Hall–Kier alpha value is -2.03. The number of benzene rings is 1. The molecule has 27 heavy (non-hydrogen) atoms. The van der Waals surface area contributed by atoms with E-state index in [0.717, 1.165) is 22.7 Å². The summed E-state index contributed by atoms with van der Waals surface area (Å²) < 4.78 is 26.6. The van der Waals surface area contributed by atoms with Crippen molar-refractivity contribution >= 4 is 33.1 Å². The van der Waals surface area contributed by atoms with Crippen molar-refractivity contribution in [3.8, 4) is 0 Å². The minimum atomic E-state index is -3.80. The van der Waals surface area contributed by atoms with Crippen molar-refractivity contribution in [2.75, 3.05) is 20.1 Å². The van der Waals surface area contributed by atoms with Gasteiger partial charge < -0.3 is 4.90 Å². The molecule has 1 aliphatic heterocycles. The molecule has 144 valence electrons. The third kappa shape index (κ3) is 4.12. The fourth-order valence-electron chi connectivity index (χ4n) is 3.28. The van der Waals surface area contributed by atoms with Crippen LogP contribution in [0.3, 0.4) is 0 Å². The first-order chi connectivity index (χ1) is 12.8. The highest BCUT2D eigenvalue weighted by atomic mass is 32.2. The van der Waals surface area contributed by atoms with Gasteiger partial charge in [-0.1, -0.05) is 12.1 Å². The molecule has 2 aromatic rings. The van der Waals surface area contributed by atoms with Crippen molar-refractivity contribution in [2.45, 2.75) is 30.7 Å². The molecule has 1 fully saturated rings. The lowest BCUT2D eigenvalue weighted by Crippen LogP contribution is -2.40. The number of ketones is 1. The van der Waals surface area contributed by atoms with Gasteiger partial charge in [-0.25, -0.2) is 8.42 Å². The van der Waals surface area contributed by atoms with E-state index in [4.69, 9.17) is 0 Å². The van der Waals surface area contributed by atoms with Crippen LogP contribution in [0.25, 0.3) is 0 Å². The van der Waals surface area contributed by atoms with E-state index in [1.165, 1.54) is 38.2 Å². The molecule has 0 saturated carbocycles. The summed E-state index contributed by atoms with van der Waals surface area (Å²) in [5, 5.41) is 4.02. The molecule has 1 amide bonds. The Balaban J connectivity index is 1.72. The van der Waals surface area contributed by atoms with Crippen LogP contribution in [0.1, 0.15) is 41.7 Å². The molecular formula is C19H22N2O4S2. The van der Waals surface area contributed by atoms with Gasteiger partial charge in [-0.05, 0) is 54.3 Å². The van der Waals surface area contributed by atoms with Crippen LogP contribution in [0.15, 0.2) is 46.0 Å². The van der Waals surface area contributed by atoms with Crippen molar-refractivity contribution in [3.63, 3.8) is 0 Å². The van der Waals surface area contributed by atoms with E-state index in [2.05, 4.69) is 0 Å². The van der Waals surface area contributed by atoms with Gasteiger partial charge >= 0.3 is 0 Å². The zero-order valence-corrected chi connectivity index (χ0v) is 16.9. The maximum absolute atomic E-state index is 12.8. The van der Waals surface area contributed by atoms with Crippen LogP contribution in [0.4, 0.5) is 0 Å². The number of likely N-dealkylation sites (N-methyl/N-ethyl adjacent to an activating group) is 1. The molecular weight excluding hydrogens is 384 g/mol. The van der Waals surface area contributed by atoms with Crippen molar-refractivity contribution in [2.24, 2.45) is 0 Å². The average Bonchev–Trinajstić information content (AvgIpc) is 3.32. The predicted molar refractivity (Wildman–Crippen MR) is 104 cm³/mol. The second-order valence-electron chi connectivity index (χ2n) is 6.64. The fourth-order valence-corrected chi connectivity index (χ4v) is 5.11. The first-order valence-corrected chi connectivity index (χ1v) is 11.1. The second-order valence-corrected chi connectivity index (χ2v) is 9.47. The van der Waals surface area contributed by atoms with Crippen LogP contribution in [0, 0.1) is 0 Å². The van der Waals surface area contributed by atoms with Crippen molar-refractivity contribution < 1.29 is 18.0 Å². The lowest BCUT2D eigenvalue weighted by atomic mass is 10.1. The number of carbonyl (C=O) groups excluding carboxylic acids is 2. The van der Waals surface area contributed by atoms with E-state index in [1.807, 2.05) is 16.8 Å². The summed E-state index contributed by atoms with van der Waals surface area (Å²) >= 11 is 1.59. The first kappa shape index (κ1) is 19.7. The number of rotatable bonds is 6. The van der Waals surface area contributed by atoms with Crippen LogP contribution in [-0.2, 0) is 14.8 Å². The zero-order chi connectivity index (χ0) is 19.6. The number of nitrogens with zero attached hydrogens (tertiary/aromatic N) is 2. The number of hydrogen-bond donors (Lipinski definition) is 0. The number of likely N-dealkylation sites (tertiary alicyclic amines) is 1. The molecule has 0 bridgehead atoms. The van der Waals surface area contributed by atoms with Gasteiger partial charge in [0.2, 0.25) is 15.9 Å². The minimum Gasteiger partial charge on any atom is -0.334 e. The summed E-state index contributed by atoms with van der Waals surface area (Å²) in [5.41, 5.74) is 1.56. The van der Waals surface area contributed by atoms with Crippen LogP contribution in [-0.4, -0.2) is 49.5 Å². The van der Waals surface area contributed by atoms with E-state index in [0.29, 0.717) is 12.1 Å². The normalized spacial score (nSPS) is 17.4.